The Morgan fingerprint density at radius 2 is 2.14 bits per heavy atom. The Kier molecular flexibility index (Phi) is 1.38. The Morgan fingerprint density at radius 3 is 3.14 bits per heavy atom. The molecule has 3 rings (SSSR count). The van der Waals surface area contributed by atoms with Crippen molar-refractivity contribution in [1.29, 1.82) is 0 Å². The molecule has 0 aliphatic carbocycles. The van der Waals surface area contributed by atoms with E-state index in [-0.39, 0.29) is 0 Å². The average molecular weight is 185 g/mol. The highest BCUT2D eigenvalue weighted by Crippen LogP contribution is 2.23. The fourth-order valence-electron chi connectivity index (χ4n) is 1.45. The second-order valence-electron chi connectivity index (χ2n) is 2.93. The van der Waals surface area contributed by atoms with Crippen LogP contribution in [0.3, 0.4) is 0 Å². The Balaban J connectivity index is 2.22. The first-order valence-corrected chi connectivity index (χ1v) is 4.24. The molecule has 14 heavy (non-hydrogen) atoms. The number of nitrogens with zero attached hydrogens (tertiary/aromatic N) is 4. The number of hydrazine groups is 1. The van der Waals surface area contributed by atoms with Gasteiger partial charge in [0.15, 0.2) is 5.84 Å². The normalized spacial score (nSPS) is 16.9. The van der Waals surface area contributed by atoms with E-state index >= 15 is 0 Å². The van der Waals surface area contributed by atoms with Crippen LogP contribution in [0.1, 0.15) is 5.56 Å². The fraction of sp³-hybridized carbons (Fsp3) is 0. The number of para-hydroxylation sites is 1. The van der Waals surface area contributed by atoms with Crippen LogP contribution in [0.5, 0.6) is 0 Å². The second kappa shape index (κ2) is 2.66. The number of fused-ring (bicyclic) bond motifs is 3. The molecule has 2 aliphatic rings. The van der Waals surface area contributed by atoms with Gasteiger partial charge in [-0.05, 0) is 12.1 Å². The summed E-state index contributed by atoms with van der Waals surface area (Å²) in [6.45, 7) is 0. The van der Waals surface area contributed by atoms with Crippen molar-refractivity contribution in [1.82, 2.24) is 10.4 Å². The van der Waals surface area contributed by atoms with Gasteiger partial charge in [0.25, 0.3) is 0 Å². The maximum Gasteiger partial charge on any atom is 0.184 e. The Labute approximate surface area is 80.5 Å². The molecule has 1 N–H and O–H groups in total. The summed E-state index contributed by atoms with van der Waals surface area (Å²) in [4.78, 5) is 4.27. The molecule has 0 fully saturated rings. The summed E-state index contributed by atoms with van der Waals surface area (Å²) in [6.07, 6.45) is 3.20. The zero-order valence-electron chi connectivity index (χ0n) is 7.25. The number of rotatable bonds is 0. The van der Waals surface area contributed by atoms with E-state index in [1.165, 1.54) is 6.34 Å². The van der Waals surface area contributed by atoms with E-state index in [9.17, 15) is 0 Å². The minimum absolute atomic E-state index is 0.776. The monoisotopic (exact) mass is 185 g/mol. The molecule has 0 amide bonds. The third-order valence-electron chi connectivity index (χ3n) is 2.09. The highest BCUT2D eigenvalue weighted by Gasteiger charge is 2.20. The molecule has 0 saturated heterocycles. The summed E-state index contributed by atoms with van der Waals surface area (Å²) < 4.78 is 0. The molecule has 5 heteroatoms. The molecule has 0 radical (unpaired) electrons. The van der Waals surface area contributed by atoms with Gasteiger partial charge in [0, 0.05) is 5.56 Å². The van der Waals surface area contributed by atoms with Crippen LogP contribution in [0.4, 0.5) is 5.69 Å². The van der Waals surface area contributed by atoms with Crippen LogP contribution in [0.2, 0.25) is 0 Å². The lowest BCUT2D eigenvalue weighted by atomic mass is 10.1. The van der Waals surface area contributed by atoms with Gasteiger partial charge in [-0.2, -0.15) is 0 Å². The molecule has 0 bridgehead atoms. The van der Waals surface area contributed by atoms with Crippen LogP contribution < -0.4 is 5.43 Å². The quantitative estimate of drug-likeness (QED) is 0.652. The van der Waals surface area contributed by atoms with Crippen molar-refractivity contribution in [2.75, 3.05) is 0 Å². The number of aliphatic imine (C=N–C) groups is 1. The van der Waals surface area contributed by atoms with Crippen molar-refractivity contribution < 1.29 is 0 Å². The molecule has 0 unspecified atom stereocenters. The average Bonchev–Trinajstić information content (AvgIpc) is 2.29. The highest BCUT2D eigenvalue weighted by molar-refractivity contribution is 6.11. The molecule has 0 aromatic heterocycles. The minimum Gasteiger partial charge on any atom is -0.279 e. The van der Waals surface area contributed by atoms with Crippen LogP contribution in [0, 0.1) is 0 Å². The molecule has 68 valence electrons. The third-order valence-corrected chi connectivity index (χ3v) is 2.09. The Morgan fingerprint density at radius 1 is 1.21 bits per heavy atom. The van der Waals surface area contributed by atoms with Gasteiger partial charge in [0.1, 0.15) is 12.7 Å². The van der Waals surface area contributed by atoms with Gasteiger partial charge < -0.3 is 0 Å². The van der Waals surface area contributed by atoms with Gasteiger partial charge in [-0.15, -0.1) is 10.2 Å². The molecule has 0 saturated carbocycles. The molecule has 2 heterocycles. The summed E-state index contributed by atoms with van der Waals surface area (Å²) >= 11 is 0. The van der Waals surface area contributed by atoms with Crippen molar-refractivity contribution >= 4 is 24.2 Å². The van der Waals surface area contributed by atoms with Gasteiger partial charge in [-0.3, -0.25) is 5.43 Å². The number of amidine groups is 1. The van der Waals surface area contributed by atoms with Gasteiger partial charge in [0.2, 0.25) is 0 Å². The number of hydrogen-bond donors (Lipinski definition) is 1. The van der Waals surface area contributed by atoms with Crippen molar-refractivity contribution in [2.24, 2.45) is 15.2 Å². The Bertz CT molecular complexity index is 460. The van der Waals surface area contributed by atoms with E-state index in [0.29, 0.717) is 0 Å². The van der Waals surface area contributed by atoms with E-state index in [0.717, 1.165) is 17.1 Å². The van der Waals surface area contributed by atoms with Gasteiger partial charge in [0.05, 0.1) is 5.69 Å². The molecular formula is C9H7N5. The predicted molar refractivity (Wildman–Crippen MR) is 54.6 cm³/mol. The van der Waals surface area contributed by atoms with E-state index in [2.05, 4.69) is 20.6 Å². The topological polar surface area (TPSA) is 52.4 Å². The van der Waals surface area contributed by atoms with Crippen molar-refractivity contribution in [3.63, 3.8) is 0 Å². The molecule has 5 nitrogen and oxygen atoms in total. The molecule has 2 aliphatic heterocycles. The molecule has 1 aromatic carbocycles. The zero-order valence-corrected chi connectivity index (χ0v) is 7.25. The summed E-state index contributed by atoms with van der Waals surface area (Å²) in [5, 5.41) is 9.59. The smallest absolute Gasteiger partial charge is 0.184 e. The van der Waals surface area contributed by atoms with E-state index in [1.807, 2.05) is 24.3 Å². The number of benzene rings is 1. The third kappa shape index (κ3) is 0.922. The Hall–Kier alpha value is -2.17. The van der Waals surface area contributed by atoms with E-state index in [1.54, 1.807) is 11.3 Å². The predicted octanol–water partition coefficient (Wildman–Crippen LogP) is 0.870. The standard InChI is InChI=1S/C9H7N5/c1-2-4-8-7(3-1)9-13-11-5-12-14(9)6-10-8/h1-6H,(H,11,12). The number of hydrogen-bond acceptors (Lipinski definition) is 5. The SMILES string of the molecule is C1=NN=C2c3ccccc3N=CN2N1. The van der Waals surface area contributed by atoms with Gasteiger partial charge in [-0.1, -0.05) is 12.1 Å². The van der Waals surface area contributed by atoms with Crippen LogP contribution in [-0.2, 0) is 0 Å². The van der Waals surface area contributed by atoms with E-state index < -0.39 is 0 Å². The summed E-state index contributed by atoms with van der Waals surface area (Å²) in [5.41, 5.74) is 4.83. The van der Waals surface area contributed by atoms with Crippen LogP contribution in [0.25, 0.3) is 0 Å². The second-order valence-corrected chi connectivity index (χ2v) is 2.93. The fourth-order valence-corrected chi connectivity index (χ4v) is 1.45. The molecular weight excluding hydrogens is 178 g/mol. The van der Waals surface area contributed by atoms with Crippen molar-refractivity contribution in [3.05, 3.63) is 29.8 Å². The van der Waals surface area contributed by atoms with Gasteiger partial charge >= 0.3 is 0 Å². The highest BCUT2D eigenvalue weighted by atomic mass is 15.6. The first-order valence-electron chi connectivity index (χ1n) is 4.24. The van der Waals surface area contributed by atoms with E-state index in [4.69, 9.17) is 0 Å². The zero-order chi connectivity index (χ0) is 9.38. The lowest BCUT2D eigenvalue weighted by Crippen LogP contribution is -2.44. The summed E-state index contributed by atoms with van der Waals surface area (Å²) in [6, 6.07) is 7.83. The maximum atomic E-state index is 4.27. The van der Waals surface area contributed by atoms with Crippen molar-refractivity contribution in [3.8, 4) is 0 Å². The summed E-state index contributed by atoms with van der Waals surface area (Å²) in [7, 11) is 0. The summed E-state index contributed by atoms with van der Waals surface area (Å²) in [5.74, 6) is 0.776. The first kappa shape index (κ1) is 7.25. The van der Waals surface area contributed by atoms with Crippen LogP contribution in [0.15, 0.2) is 39.5 Å². The lowest BCUT2D eigenvalue weighted by Gasteiger charge is -2.25. The largest absolute Gasteiger partial charge is 0.279 e. The molecule has 1 aromatic rings. The van der Waals surface area contributed by atoms with Crippen molar-refractivity contribution in [2.45, 2.75) is 0 Å². The molecule has 0 atom stereocenters. The van der Waals surface area contributed by atoms with Gasteiger partial charge in [-0.25, -0.2) is 10.0 Å². The lowest BCUT2D eigenvalue weighted by molar-refractivity contribution is 0.563. The van der Waals surface area contributed by atoms with Crippen LogP contribution >= 0.6 is 0 Å². The number of nitrogens with one attached hydrogen (secondary N) is 1. The van der Waals surface area contributed by atoms with Crippen LogP contribution in [-0.4, -0.2) is 23.5 Å². The maximum absolute atomic E-state index is 4.27. The minimum atomic E-state index is 0.776. The molecule has 0 spiro atoms. The first-order chi connectivity index (χ1) is 6.95.